The van der Waals surface area contributed by atoms with E-state index >= 15 is 0 Å². The lowest BCUT2D eigenvalue weighted by Gasteiger charge is -2.04. The second-order valence-electron chi connectivity index (χ2n) is 8.54. The summed E-state index contributed by atoms with van der Waals surface area (Å²) in [6, 6.07) is 0. The summed E-state index contributed by atoms with van der Waals surface area (Å²) in [7, 11) is 3.50. The molecule has 0 radical (unpaired) electrons. The third-order valence-electron chi connectivity index (χ3n) is 5.52. The van der Waals surface area contributed by atoms with Gasteiger partial charge in [0.25, 0.3) is 0 Å². The third-order valence-corrected chi connectivity index (χ3v) is 5.52. The van der Waals surface area contributed by atoms with Gasteiger partial charge < -0.3 is 20.1 Å². The molecule has 0 atom stereocenters. The highest BCUT2D eigenvalue weighted by atomic mass is 16.5. The highest BCUT2D eigenvalue weighted by Crippen LogP contribution is 2.09. The molecule has 0 aliphatic rings. The van der Waals surface area contributed by atoms with Crippen LogP contribution in [0.5, 0.6) is 0 Å². The fourth-order valence-corrected chi connectivity index (χ4v) is 3.51. The van der Waals surface area contributed by atoms with Crippen molar-refractivity contribution >= 4 is 0 Å². The first kappa shape index (κ1) is 31.0. The van der Waals surface area contributed by atoms with Gasteiger partial charge in [-0.15, -0.1) is 0 Å². The van der Waals surface area contributed by atoms with E-state index in [1.807, 2.05) is 0 Å². The highest BCUT2D eigenvalue weighted by molar-refractivity contribution is 5.25. The minimum absolute atomic E-state index is 0.810. The number of nitrogens with one attached hydrogen (secondary N) is 2. The summed E-state index contributed by atoms with van der Waals surface area (Å²) in [6.07, 6.45) is 20.4. The minimum atomic E-state index is 0.810. The van der Waals surface area contributed by atoms with Crippen molar-refractivity contribution in [3.63, 3.8) is 0 Å². The Morgan fingerprint density at radius 2 is 0.781 bits per heavy atom. The number of rotatable bonds is 24. The van der Waals surface area contributed by atoms with Gasteiger partial charge >= 0.3 is 0 Å². The van der Waals surface area contributed by atoms with Gasteiger partial charge in [0, 0.05) is 40.2 Å². The van der Waals surface area contributed by atoms with Crippen molar-refractivity contribution in [1.29, 1.82) is 0 Å². The maximum atomic E-state index is 5.02. The molecule has 0 unspecified atom stereocenters. The number of unbranched alkanes of at least 4 members (excludes halogenated alkanes) is 14. The average Bonchev–Trinajstić information content (AvgIpc) is 2.81. The Balaban J connectivity index is 3.20. The van der Waals surface area contributed by atoms with Crippen LogP contribution in [-0.4, -0.2) is 53.6 Å². The van der Waals surface area contributed by atoms with Gasteiger partial charge in [-0.3, -0.25) is 0 Å². The number of hydrogen-bond acceptors (Lipinski definition) is 4. The lowest BCUT2D eigenvalue weighted by molar-refractivity contribution is 0.199. The van der Waals surface area contributed by atoms with Gasteiger partial charge in [0.15, 0.2) is 0 Å². The number of ether oxygens (including phenoxy) is 2. The Morgan fingerprint density at radius 3 is 1.16 bits per heavy atom. The quantitative estimate of drug-likeness (QED) is 0.147. The Hall–Kier alpha value is -1.04. The predicted octanol–water partition coefficient (Wildman–Crippen LogP) is 5.71. The van der Waals surface area contributed by atoms with E-state index in [9.17, 15) is 0 Å². The van der Waals surface area contributed by atoms with E-state index in [0.29, 0.717) is 0 Å². The molecule has 0 heterocycles. The zero-order valence-corrected chi connectivity index (χ0v) is 21.4. The topological polar surface area (TPSA) is 42.5 Å². The van der Waals surface area contributed by atoms with E-state index < -0.39 is 0 Å². The molecular formula is C28H52N2O2. The zero-order chi connectivity index (χ0) is 23.2. The average molecular weight is 449 g/mol. The molecule has 4 heteroatoms. The van der Waals surface area contributed by atoms with Crippen LogP contribution < -0.4 is 10.6 Å². The van der Waals surface area contributed by atoms with Crippen LogP contribution in [0.15, 0.2) is 0 Å². The van der Waals surface area contributed by atoms with Crippen molar-refractivity contribution in [3.05, 3.63) is 0 Å². The second-order valence-corrected chi connectivity index (χ2v) is 8.54. The molecule has 0 aromatic rings. The van der Waals surface area contributed by atoms with E-state index in [1.165, 1.54) is 89.9 Å². The van der Waals surface area contributed by atoms with Crippen LogP contribution in [0.3, 0.4) is 0 Å². The molecule has 0 saturated carbocycles. The lowest BCUT2D eigenvalue weighted by atomic mass is 10.1. The first-order valence-electron chi connectivity index (χ1n) is 13.3. The predicted molar refractivity (Wildman–Crippen MR) is 139 cm³/mol. The van der Waals surface area contributed by atoms with Gasteiger partial charge in [0.1, 0.15) is 0 Å². The van der Waals surface area contributed by atoms with E-state index in [-0.39, 0.29) is 0 Å². The molecule has 0 aliphatic carbocycles. The van der Waals surface area contributed by atoms with Crippen molar-refractivity contribution in [2.24, 2.45) is 0 Å². The summed E-state index contributed by atoms with van der Waals surface area (Å²) in [5.41, 5.74) is 0. The van der Waals surface area contributed by atoms with Gasteiger partial charge in [0.05, 0.1) is 13.2 Å². The van der Waals surface area contributed by atoms with Gasteiger partial charge in [-0.1, -0.05) is 76.0 Å². The standard InChI is InChI=1S/C28H52N2O2/c1-31-27-25-29-23-21-19-17-15-13-11-9-7-5-3-4-6-8-10-12-14-16-18-20-22-24-30-26-28-32-2/h29-30H,7-28H2,1-2H3. The molecule has 0 amide bonds. The fourth-order valence-electron chi connectivity index (χ4n) is 3.51. The van der Waals surface area contributed by atoms with Gasteiger partial charge in [-0.05, 0) is 50.6 Å². The highest BCUT2D eigenvalue weighted by Gasteiger charge is 1.93. The second kappa shape index (κ2) is 30.0. The molecule has 0 spiro atoms. The fraction of sp³-hybridized carbons (Fsp3) is 0.857. The molecule has 4 nitrogen and oxygen atoms in total. The van der Waals surface area contributed by atoms with Crippen LogP contribution in [0.2, 0.25) is 0 Å². The molecule has 2 N–H and O–H groups in total. The first-order chi connectivity index (χ1) is 15.9. The van der Waals surface area contributed by atoms with E-state index in [4.69, 9.17) is 9.47 Å². The van der Waals surface area contributed by atoms with E-state index in [0.717, 1.165) is 52.2 Å². The summed E-state index contributed by atoms with van der Waals surface area (Å²) >= 11 is 0. The normalized spacial score (nSPS) is 10.4. The third kappa shape index (κ3) is 29.0. The Bertz CT molecular complexity index is 429. The van der Waals surface area contributed by atoms with Crippen molar-refractivity contribution < 1.29 is 9.47 Å². The molecule has 0 saturated heterocycles. The number of hydrogen-bond donors (Lipinski definition) is 2. The molecule has 0 aromatic heterocycles. The van der Waals surface area contributed by atoms with Crippen LogP contribution in [-0.2, 0) is 9.47 Å². The van der Waals surface area contributed by atoms with Gasteiger partial charge in [-0.2, -0.15) is 0 Å². The monoisotopic (exact) mass is 448 g/mol. The Kier molecular flexibility index (Phi) is 29.0. The molecule has 32 heavy (non-hydrogen) atoms. The smallest absolute Gasteiger partial charge is 0.0587 e. The Labute approximate surface area is 200 Å². The van der Waals surface area contributed by atoms with Crippen LogP contribution in [0.25, 0.3) is 0 Å². The van der Waals surface area contributed by atoms with Crippen molar-refractivity contribution in [3.8, 4) is 23.7 Å². The number of methoxy groups -OCH3 is 2. The molecule has 186 valence electrons. The summed E-state index contributed by atoms with van der Waals surface area (Å²) < 4.78 is 10.0. The van der Waals surface area contributed by atoms with Crippen LogP contribution in [0.1, 0.15) is 103 Å². The maximum absolute atomic E-state index is 5.02. The van der Waals surface area contributed by atoms with Crippen LogP contribution in [0.4, 0.5) is 0 Å². The van der Waals surface area contributed by atoms with Gasteiger partial charge in [-0.25, -0.2) is 0 Å². The zero-order valence-electron chi connectivity index (χ0n) is 21.4. The summed E-state index contributed by atoms with van der Waals surface area (Å²) in [5.74, 6) is 12.5. The van der Waals surface area contributed by atoms with Crippen molar-refractivity contribution in [2.75, 3.05) is 53.6 Å². The summed E-state index contributed by atoms with van der Waals surface area (Å²) in [5, 5.41) is 6.79. The van der Waals surface area contributed by atoms with Crippen LogP contribution >= 0.6 is 0 Å². The minimum Gasteiger partial charge on any atom is -0.383 e. The van der Waals surface area contributed by atoms with E-state index in [1.54, 1.807) is 14.2 Å². The maximum Gasteiger partial charge on any atom is 0.0587 e. The SMILES string of the molecule is COCCNCCCCCCCCCC#CC#CCCCCCCCCCNCCOC. The summed E-state index contributed by atoms with van der Waals surface area (Å²) in [4.78, 5) is 0. The van der Waals surface area contributed by atoms with Crippen molar-refractivity contribution in [1.82, 2.24) is 10.6 Å². The first-order valence-corrected chi connectivity index (χ1v) is 13.3. The Morgan fingerprint density at radius 1 is 0.438 bits per heavy atom. The van der Waals surface area contributed by atoms with Crippen LogP contribution in [0, 0.1) is 23.7 Å². The van der Waals surface area contributed by atoms with E-state index in [2.05, 4.69) is 34.3 Å². The molecule has 0 bridgehead atoms. The summed E-state index contributed by atoms with van der Waals surface area (Å²) in [6.45, 7) is 5.80. The van der Waals surface area contributed by atoms with Gasteiger partial charge in [0.2, 0.25) is 0 Å². The lowest BCUT2D eigenvalue weighted by Crippen LogP contribution is -2.20. The molecular weight excluding hydrogens is 396 g/mol. The molecule has 0 aliphatic heterocycles. The molecule has 0 fully saturated rings. The largest absolute Gasteiger partial charge is 0.383 e. The molecule has 0 rings (SSSR count). The molecule has 0 aromatic carbocycles. The van der Waals surface area contributed by atoms with Crippen molar-refractivity contribution in [2.45, 2.75) is 103 Å².